The Balaban J connectivity index is 1.63. The maximum absolute atomic E-state index is 13.4. The zero-order valence-electron chi connectivity index (χ0n) is 16.5. The van der Waals surface area contributed by atoms with E-state index in [4.69, 9.17) is 16.3 Å². The van der Waals surface area contributed by atoms with Crippen molar-refractivity contribution < 1.29 is 14.3 Å². The minimum absolute atomic E-state index is 0.0188. The van der Waals surface area contributed by atoms with E-state index in [2.05, 4.69) is 19.1 Å². The van der Waals surface area contributed by atoms with Crippen molar-refractivity contribution in [2.45, 2.75) is 12.8 Å². The molecule has 4 rings (SSSR count). The fourth-order valence-corrected chi connectivity index (χ4v) is 4.55. The fraction of sp³-hybridized carbons (Fsp3) is 0.391. The molecule has 2 aromatic rings. The first-order valence-corrected chi connectivity index (χ1v) is 10.4. The van der Waals surface area contributed by atoms with E-state index in [1.807, 2.05) is 17.0 Å². The average Bonchev–Trinajstić information content (AvgIpc) is 3.18. The lowest BCUT2D eigenvalue weighted by Crippen LogP contribution is -2.45. The van der Waals surface area contributed by atoms with E-state index in [0.717, 1.165) is 11.1 Å². The number of hydrogen-bond donors (Lipinski definition) is 0. The molecule has 2 aliphatic rings. The predicted octanol–water partition coefficient (Wildman–Crippen LogP) is 3.36. The van der Waals surface area contributed by atoms with Crippen molar-refractivity contribution in [1.82, 2.24) is 9.80 Å². The van der Waals surface area contributed by atoms with Crippen LogP contribution in [0.15, 0.2) is 48.5 Å². The topological polar surface area (TPSA) is 49.9 Å². The molecule has 2 atom stereocenters. The van der Waals surface area contributed by atoms with E-state index in [0.29, 0.717) is 50.0 Å². The minimum Gasteiger partial charge on any atom is -0.378 e. The number of carbonyl (C=O) groups excluding carboxylic acids is 2. The summed E-state index contributed by atoms with van der Waals surface area (Å²) in [6.07, 6.45) is 0. The molecule has 0 N–H and O–H groups in total. The largest absolute Gasteiger partial charge is 0.378 e. The summed E-state index contributed by atoms with van der Waals surface area (Å²) in [4.78, 5) is 30.2. The fourth-order valence-electron chi connectivity index (χ4n) is 4.36. The zero-order chi connectivity index (χ0) is 20.4. The van der Waals surface area contributed by atoms with Crippen molar-refractivity contribution in [3.63, 3.8) is 0 Å². The van der Waals surface area contributed by atoms with E-state index >= 15 is 0 Å². The normalized spacial score (nSPS) is 22.0. The van der Waals surface area contributed by atoms with Crippen molar-refractivity contribution in [3.05, 3.63) is 70.2 Å². The Morgan fingerprint density at radius 3 is 2.48 bits per heavy atom. The number of aryl methyl sites for hydroxylation is 1. The van der Waals surface area contributed by atoms with Gasteiger partial charge in [0.2, 0.25) is 5.91 Å². The van der Waals surface area contributed by atoms with Gasteiger partial charge in [-0.05, 0) is 36.2 Å². The summed E-state index contributed by atoms with van der Waals surface area (Å²) < 4.78 is 5.40. The van der Waals surface area contributed by atoms with Crippen LogP contribution in [-0.2, 0) is 9.53 Å². The number of amides is 2. The molecule has 2 heterocycles. The van der Waals surface area contributed by atoms with E-state index in [1.54, 1.807) is 29.2 Å². The molecule has 29 heavy (non-hydrogen) atoms. The average molecular weight is 413 g/mol. The first-order chi connectivity index (χ1) is 14.0. The maximum Gasteiger partial charge on any atom is 0.253 e. The quantitative estimate of drug-likeness (QED) is 0.776. The van der Waals surface area contributed by atoms with E-state index < -0.39 is 0 Å². The SMILES string of the molecule is Cc1ccccc1[C@H]1CN(C(=O)c2cccc(Cl)c2)C[C@H]1C(=O)N1CCOCC1. The number of halogens is 1. The molecule has 2 amide bonds. The van der Waals surface area contributed by atoms with Crippen molar-refractivity contribution in [2.75, 3.05) is 39.4 Å². The molecule has 2 fully saturated rings. The van der Waals surface area contributed by atoms with Gasteiger partial charge in [0.05, 0.1) is 19.1 Å². The van der Waals surface area contributed by atoms with Gasteiger partial charge < -0.3 is 14.5 Å². The second-order valence-corrected chi connectivity index (χ2v) is 8.16. The first-order valence-electron chi connectivity index (χ1n) is 10.0. The highest BCUT2D eigenvalue weighted by molar-refractivity contribution is 6.30. The third kappa shape index (κ3) is 4.16. The molecule has 5 nitrogen and oxygen atoms in total. The molecule has 0 aliphatic carbocycles. The van der Waals surface area contributed by atoms with Gasteiger partial charge in [-0.25, -0.2) is 0 Å². The lowest BCUT2D eigenvalue weighted by molar-refractivity contribution is -0.139. The maximum atomic E-state index is 13.4. The Hall–Kier alpha value is -2.37. The molecule has 0 bridgehead atoms. The molecule has 0 aromatic heterocycles. The molecule has 0 spiro atoms. The van der Waals surface area contributed by atoms with Crippen molar-refractivity contribution in [2.24, 2.45) is 5.92 Å². The van der Waals surface area contributed by atoms with Gasteiger partial charge in [-0.15, -0.1) is 0 Å². The number of ether oxygens (including phenoxy) is 1. The molecule has 2 saturated heterocycles. The van der Waals surface area contributed by atoms with Crippen LogP contribution in [0.4, 0.5) is 0 Å². The van der Waals surface area contributed by atoms with Gasteiger partial charge >= 0.3 is 0 Å². The number of hydrogen-bond acceptors (Lipinski definition) is 3. The smallest absolute Gasteiger partial charge is 0.253 e. The summed E-state index contributed by atoms with van der Waals surface area (Å²) in [6.45, 7) is 5.36. The van der Waals surface area contributed by atoms with Crippen molar-refractivity contribution in [1.29, 1.82) is 0 Å². The van der Waals surface area contributed by atoms with Crippen LogP contribution in [0.2, 0.25) is 5.02 Å². The Bertz CT molecular complexity index is 911. The van der Waals surface area contributed by atoms with Crippen LogP contribution >= 0.6 is 11.6 Å². The highest BCUT2D eigenvalue weighted by Gasteiger charge is 2.42. The molecular weight excluding hydrogens is 388 g/mol. The Morgan fingerprint density at radius 2 is 1.76 bits per heavy atom. The van der Waals surface area contributed by atoms with Gasteiger partial charge in [-0.3, -0.25) is 9.59 Å². The van der Waals surface area contributed by atoms with Crippen LogP contribution in [0, 0.1) is 12.8 Å². The molecule has 2 aromatic carbocycles. The van der Waals surface area contributed by atoms with Gasteiger partial charge in [-0.1, -0.05) is 41.9 Å². The summed E-state index contributed by atoms with van der Waals surface area (Å²) in [7, 11) is 0. The molecule has 152 valence electrons. The lowest BCUT2D eigenvalue weighted by Gasteiger charge is -2.31. The Kier molecular flexibility index (Phi) is 5.88. The van der Waals surface area contributed by atoms with Crippen LogP contribution < -0.4 is 0 Å². The summed E-state index contributed by atoms with van der Waals surface area (Å²) in [5, 5.41) is 0.534. The molecule has 0 saturated carbocycles. The molecular formula is C23H25ClN2O3. The van der Waals surface area contributed by atoms with E-state index in [-0.39, 0.29) is 23.7 Å². The van der Waals surface area contributed by atoms with Gasteiger partial charge in [0.25, 0.3) is 5.91 Å². The highest BCUT2D eigenvalue weighted by atomic mass is 35.5. The highest BCUT2D eigenvalue weighted by Crippen LogP contribution is 2.36. The predicted molar refractivity (Wildman–Crippen MR) is 112 cm³/mol. The monoisotopic (exact) mass is 412 g/mol. The summed E-state index contributed by atoms with van der Waals surface area (Å²) in [6, 6.07) is 15.1. The standard InChI is InChI=1S/C23H25ClN2O3/c1-16-5-2-3-8-19(16)20-14-26(22(27)17-6-4-7-18(24)13-17)15-21(20)23(28)25-9-11-29-12-10-25/h2-8,13,20-21H,9-12,14-15H2,1H3/t20-,21-/m1/s1. The summed E-state index contributed by atoms with van der Waals surface area (Å²) in [5.74, 6) is -0.238. The zero-order valence-corrected chi connectivity index (χ0v) is 17.3. The number of likely N-dealkylation sites (tertiary alicyclic amines) is 1. The number of benzene rings is 2. The molecule has 2 aliphatic heterocycles. The van der Waals surface area contributed by atoms with Crippen LogP contribution in [0.3, 0.4) is 0 Å². The molecule has 0 radical (unpaired) electrons. The van der Waals surface area contributed by atoms with E-state index in [1.165, 1.54) is 0 Å². The van der Waals surface area contributed by atoms with Gasteiger partial charge in [0, 0.05) is 42.7 Å². The summed E-state index contributed by atoms with van der Waals surface area (Å²) >= 11 is 6.08. The summed E-state index contributed by atoms with van der Waals surface area (Å²) in [5.41, 5.74) is 2.84. The van der Waals surface area contributed by atoms with Crippen LogP contribution in [0.5, 0.6) is 0 Å². The minimum atomic E-state index is -0.252. The van der Waals surface area contributed by atoms with Gasteiger partial charge in [-0.2, -0.15) is 0 Å². The second kappa shape index (κ2) is 8.56. The number of nitrogens with zero attached hydrogens (tertiary/aromatic N) is 2. The second-order valence-electron chi connectivity index (χ2n) is 7.73. The Morgan fingerprint density at radius 1 is 1.00 bits per heavy atom. The molecule has 0 unspecified atom stereocenters. The van der Waals surface area contributed by atoms with Gasteiger partial charge in [0.1, 0.15) is 0 Å². The third-order valence-electron chi connectivity index (χ3n) is 5.91. The lowest BCUT2D eigenvalue weighted by atomic mass is 9.85. The third-order valence-corrected chi connectivity index (χ3v) is 6.14. The van der Waals surface area contributed by atoms with Crippen molar-refractivity contribution >= 4 is 23.4 Å². The number of carbonyl (C=O) groups is 2. The van der Waals surface area contributed by atoms with Crippen molar-refractivity contribution in [3.8, 4) is 0 Å². The van der Waals surface area contributed by atoms with Gasteiger partial charge in [0.15, 0.2) is 0 Å². The van der Waals surface area contributed by atoms with Crippen LogP contribution in [-0.4, -0.2) is 61.0 Å². The van der Waals surface area contributed by atoms with Crippen LogP contribution in [0.25, 0.3) is 0 Å². The molecule has 6 heteroatoms. The first kappa shape index (κ1) is 19.9. The van der Waals surface area contributed by atoms with E-state index in [9.17, 15) is 9.59 Å². The van der Waals surface area contributed by atoms with Crippen LogP contribution in [0.1, 0.15) is 27.4 Å². The number of morpholine rings is 1. The Labute approximate surface area is 176 Å². The number of rotatable bonds is 3.